The van der Waals surface area contributed by atoms with Crippen LogP contribution in [0.25, 0.3) is 33.4 Å². The maximum Gasteiger partial charge on any atom is 0.220 e. The number of hydrogen-bond acceptors (Lipinski definition) is 8. The highest BCUT2D eigenvalue weighted by Crippen LogP contribution is 2.40. The largest absolute Gasteiger partial charge is 0.481 e. The van der Waals surface area contributed by atoms with Crippen molar-refractivity contribution in [2.75, 3.05) is 19.0 Å². The van der Waals surface area contributed by atoms with Gasteiger partial charge in [0.2, 0.25) is 11.8 Å². The molecule has 43 heavy (non-hydrogen) atoms. The number of nitrogens with zero attached hydrogens (tertiary/aromatic N) is 4. The van der Waals surface area contributed by atoms with Crippen molar-refractivity contribution < 1.29 is 9.53 Å². The molecule has 10 heteroatoms. The average molecular weight is 594 g/mol. The molecule has 0 unspecified atom stereocenters. The Balaban J connectivity index is 1.27. The van der Waals surface area contributed by atoms with Crippen molar-refractivity contribution in [1.82, 2.24) is 30.6 Å². The number of carbonyl (C=O) groups is 1. The summed E-state index contributed by atoms with van der Waals surface area (Å²) in [6.45, 7) is 5.20. The van der Waals surface area contributed by atoms with E-state index in [0.717, 1.165) is 51.1 Å². The van der Waals surface area contributed by atoms with Gasteiger partial charge >= 0.3 is 0 Å². The van der Waals surface area contributed by atoms with Crippen LogP contribution in [0.3, 0.4) is 0 Å². The van der Waals surface area contributed by atoms with Gasteiger partial charge in [-0.05, 0) is 55.7 Å². The van der Waals surface area contributed by atoms with Crippen LogP contribution < -0.4 is 20.7 Å². The fraction of sp³-hybridized carbons (Fsp3) is 0.242. The summed E-state index contributed by atoms with van der Waals surface area (Å²) in [6, 6.07) is 20.0. The zero-order chi connectivity index (χ0) is 29.9. The number of aromatic nitrogens is 4. The first kappa shape index (κ1) is 28.5. The van der Waals surface area contributed by atoms with E-state index < -0.39 is 0 Å². The highest BCUT2D eigenvalue weighted by Gasteiger charge is 2.21. The molecule has 1 atom stereocenters. The number of nitrogens with one attached hydrogen (secondary N) is 3. The number of ether oxygens (including phenoxy) is 1. The molecule has 1 aliphatic rings. The number of benzene rings is 2. The lowest BCUT2D eigenvalue weighted by Gasteiger charge is -2.17. The van der Waals surface area contributed by atoms with E-state index in [9.17, 15) is 4.79 Å². The summed E-state index contributed by atoms with van der Waals surface area (Å²) < 4.78 is 5.64. The van der Waals surface area contributed by atoms with Crippen LogP contribution in [0.1, 0.15) is 29.8 Å². The van der Waals surface area contributed by atoms with Gasteiger partial charge in [-0.1, -0.05) is 48.0 Å². The van der Waals surface area contributed by atoms with Gasteiger partial charge in [-0.15, -0.1) is 0 Å². The van der Waals surface area contributed by atoms with Crippen molar-refractivity contribution in [2.24, 2.45) is 0 Å². The highest BCUT2D eigenvalue weighted by molar-refractivity contribution is 6.36. The van der Waals surface area contributed by atoms with E-state index in [0.29, 0.717) is 47.6 Å². The van der Waals surface area contributed by atoms with Crippen molar-refractivity contribution >= 4 is 40.0 Å². The minimum Gasteiger partial charge on any atom is -0.481 e. The number of halogens is 1. The molecule has 6 rings (SSSR count). The fourth-order valence-electron chi connectivity index (χ4n) is 5.44. The molecule has 4 heterocycles. The van der Waals surface area contributed by atoms with Crippen molar-refractivity contribution in [1.29, 1.82) is 0 Å². The minimum absolute atomic E-state index is 0.111. The summed E-state index contributed by atoms with van der Waals surface area (Å²) in [5, 5.41) is 10.5. The Morgan fingerprint density at radius 1 is 0.977 bits per heavy atom. The summed E-state index contributed by atoms with van der Waals surface area (Å²) in [5.41, 5.74) is 7.76. The van der Waals surface area contributed by atoms with E-state index in [2.05, 4.69) is 43.9 Å². The molecule has 1 aliphatic heterocycles. The summed E-state index contributed by atoms with van der Waals surface area (Å²) >= 11 is 7.09. The molecule has 1 fully saturated rings. The van der Waals surface area contributed by atoms with Crippen molar-refractivity contribution in [3.63, 3.8) is 0 Å². The van der Waals surface area contributed by atoms with Gasteiger partial charge in [-0.25, -0.2) is 15.0 Å². The lowest BCUT2D eigenvalue weighted by Crippen LogP contribution is -2.35. The number of rotatable bonds is 9. The van der Waals surface area contributed by atoms with Gasteiger partial charge in [0.05, 0.1) is 23.3 Å². The highest BCUT2D eigenvalue weighted by atomic mass is 35.5. The van der Waals surface area contributed by atoms with Gasteiger partial charge in [-0.2, -0.15) is 0 Å². The molecule has 218 valence electrons. The van der Waals surface area contributed by atoms with Crippen LogP contribution in [-0.4, -0.2) is 45.5 Å². The first-order chi connectivity index (χ1) is 20.9. The van der Waals surface area contributed by atoms with E-state index in [1.165, 1.54) is 0 Å². The van der Waals surface area contributed by atoms with Crippen LogP contribution in [-0.2, 0) is 11.3 Å². The molecule has 2 aromatic carbocycles. The monoisotopic (exact) mass is 593 g/mol. The van der Waals surface area contributed by atoms with Gasteiger partial charge in [0.25, 0.3) is 0 Å². The van der Waals surface area contributed by atoms with Crippen LogP contribution in [0.15, 0.2) is 66.9 Å². The summed E-state index contributed by atoms with van der Waals surface area (Å²) in [5.74, 6) is 1.96. The number of aryl methyl sites for hydroxylation is 1. The summed E-state index contributed by atoms with van der Waals surface area (Å²) in [4.78, 5) is 29.9. The average Bonchev–Trinajstić information content (AvgIpc) is 3.43. The zero-order valence-electron chi connectivity index (χ0n) is 24.2. The van der Waals surface area contributed by atoms with Crippen molar-refractivity contribution in [2.45, 2.75) is 39.3 Å². The van der Waals surface area contributed by atoms with Crippen LogP contribution in [0, 0.1) is 13.8 Å². The molecule has 1 amide bonds. The summed E-state index contributed by atoms with van der Waals surface area (Å²) in [6.07, 6.45) is 3.17. The van der Waals surface area contributed by atoms with Crippen LogP contribution in [0.2, 0.25) is 5.02 Å². The van der Waals surface area contributed by atoms with Crippen LogP contribution in [0.4, 0.5) is 11.5 Å². The molecule has 9 nitrogen and oxygen atoms in total. The number of fused-ring (bicyclic) bond motifs is 1. The number of amides is 1. The second-order valence-corrected chi connectivity index (χ2v) is 10.9. The second kappa shape index (κ2) is 12.3. The SMILES string of the molecule is COc1nc(-c2cccc(-c3cccc(Nc4nc(C)nc5cccnc45)c3C)c2Cl)ccc1CNC[C@H]1CCC(=O)N1. The predicted octanol–water partition coefficient (Wildman–Crippen LogP) is 6.14. The standard InChI is InChI=1S/C33H32ClN7O2/c1-19-23(7-5-10-26(19)40-32-31-28(11-6-16-36-31)37-20(2)38-32)24-8-4-9-25(30(24)34)27-14-12-21(33(41-27)43-3)17-35-18-22-13-15-29(42)39-22/h4-12,14,16,22,35H,13,15,17-18H2,1-3H3,(H,39,42)(H,37,38,40)/t22-/m1/s1. The predicted molar refractivity (Wildman–Crippen MR) is 170 cm³/mol. The van der Waals surface area contributed by atoms with Crippen LogP contribution in [0.5, 0.6) is 5.88 Å². The van der Waals surface area contributed by atoms with E-state index >= 15 is 0 Å². The van der Waals surface area contributed by atoms with Gasteiger partial charge in [0.15, 0.2) is 5.82 Å². The number of carbonyl (C=O) groups excluding carboxylic acids is 1. The molecule has 0 saturated carbocycles. The van der Waals surface area contributed by atoms with Crippen molar-refractivity contribution in [3.8, 4) is 28.3 Å². The first-order valence-corrected chi connectivity index (χ1v) is 14.6. The number of anilines is 2. The fourth-order valence-corrected chi connectivity index (χ4v) is 5.77. The van der Waals surface area contributed by atoms with Gasteiger partial charge in [0.1, 0.15) is 11.3 Å². The Hall–Kier alpha value is -4.60. The molecule has 0 radical (unpaired) electrons. The maximum atomic E-state index is 11.5. The van der Waals surface area contributed by atoms with Gasteiger partial charge in [0, 0.05) is 54.1 Å². The Labute approximate surface area is 255 Å². The molecule has 0 aliphatic carbocycles. The third kappa shape index (κ3) is 6.00. The smallest absolute Gasteiger partial charge is 0.220 e. The van der Waals surface area contributed by atoms with Gasteiger partial charge in [-0.3, -0.25) is 9.78 Å². The first-order valence-electron chi connectivity index (χ1n) is 14.2. The normalized spacial score (nSPS) is 14.6. The van der Waals surface area contributed by atoms with E-state index in [4.69, 9.17) is 21.3 Å². The number of hydrogen-bond donors (Lipinski definition) is 3. The quantitative estimate of drug-likeness (QED) is 0.187. The Kier molecular flexibility index (Phi) is 8.18. The Morgan fingerprint density at radius 3 is 2.60 bits per heavy atom. The summed E-state index contributed by atoms with van der Waals surface area (Å²) in [7, 11) is 1.62. The maximum absolute atomic E-state index is 11.5. The molecule has 0 spiro atoms. The zero-order valence-corrected chi connectivity index (χ0v) is 25.0. The number of pyridine rings is 2. The van der Waals surface area contributed by atoms with Crippen LogP contribution >= 0.6 is 11.6 Å². The lowest BCUT2D eigenvalue weighted by atomic mass is 9.96. The molecular formula is C33H32ClN7O2. The molecule has 3 N–H and O–H groups in total. The number of methoxy groups -OCH3 is 1. The van der Waals surface area contributed by atoms with Crippen molar-refractivity contribution in [3.05, 3.63) is 88.8 Å². The molecule has 0 bridgehead atoms. The second-order valence-electron chi connectivity index (χ2n) is 10.6. The van der Waals surface area contributed by atoms with Gasteiger partial charge < -0.3 is 20.7 Å². The minimum atomic E-state index is 0.111. The van der Waals surface area contributed by atoms with E-state index in [1.54, 1.807) is 13.3 Å². The third-order valence-corrected chi connectivity index (χ3v) is 8.05. The Bertz CT molecular complexity index is 1830. The third-order valence-electron chi connectivity index (χ3n) is 7.64. The molecular weight excluding hydrogens is 562 g/mol. The molecule has 3 aromatic heterocycles. The Morgan fingerprint density at radius 2 is 1.79 bits per heavy atom. The van der Waals surface area contributed by atoms with E-state index in [-0.39, 0.29) is 11.9 Å². The topological polar surface area (TPSA) is 114 Å². The lowest BCUT2D eigenvalue weighted by molar-refractivity contribution is -0.119. The van der Waals surface area contributed by atoms with E-state index in [1.807, 2.05) is 61.5 Å². The molecule has 5 aromatic rings. The molecule has 1 saturated heterocycles.